The zero-order valence-corrected chi connectivity index (χ0v) is 44.5. The van der Waals surface area contributed by atoms with Crippen molar-refractivity contribution in [2.75, 3.05) is 0 Å². The molecule has 0 fully saturated rings. The predicted octanol–water partition coefficient (Wildman–Crippen LogP) is 13.4. The van der Waals surface area contributed by atoms with Crippen molar-refractivity contribution in [1.82, 2.24) is 0 Å². The SMILES string of the molecule is CC(C)(C)[Si](C)([SiH][Si](C)(C(C)(C)C)C(C)(C)C)C(C)(C)C.CC(C)(C)[Si](C)([SiH][Si](C)(C(C)(C)C)C(C)(C)C)C(C)(C)C.[Ga].[HH]. The molecule has 0 saturated heterocycles. The van der Waals surface area contributed by atoms with Gasteiger partial charge in [0, 0.05) is 68.7 Å². The van der Waals surface area contributed by atoms with Crippen LogP contribution in [0.2, 0.25) is 66.5 Å². The van der Waals surface area contributed by atoms with Gasteiger partial charge in [0.05, 0.1) is 0 Å². The van der Waals surface area contributed by atoms with Gasteiger partial charge in [0.2, 0.25) is 0 Å². The molecular weight excluding hydrogens is 671 g/mol. The molecule has 0 heterocycles. The Bertz CT molecular complexity index is 672. The van der Waals surface area contributed by atoms with Gasteiger partial charge >= 0.3 is 0 Å². The molecule has 0 amide bonds. The van der Waals surface area contributed by atoms with Crippen LogP contribution in [0.5, 0.6) is 0 Å². The van der Waals surface area contributed by atoms with Crippen molar-refractivity contribution in [3.63, 3.8) is 0 Å². The second-order valence-corrected chi connectivity index (χ2v) is 66.1. The van der Waals surface area contributed by atoms with E-state index in [0.717, 1.165) is 0 Å². The molecule has 0 bridgehead atoms. The molecule has 0 aliphatic heterocycles. The summed E-state index contributed by atoms with van der Waals surface area (Å²) in [5, 5.41) is 3.93. The summed E-state index contributed by atoms with van der Waals surface area (Å²) in [5.74, 6) is 0. The van der Waals surface area contributed by atoms with Crippen LogP contribution in [0.4, 0.5) is 0 Å². The Labute approximate surface area is 299 Å². The van der Waals surface area contributed by atoms with Crippen molar-refractivity contribution >= 4 is 67.3 Å². The molecular formula is C36H88GaSi6. The Hall–Kier alpha value is 1.94. The first-order chi connectivity index (χ1) is 17.4. The number of rotatable bonds is 4. The molecule has 5 radical (unpaired) electrons. The van der Waals surface area contributed by atoms with E-state index in [4.69, 9.17) is 0 Å². The monoisotopic (exact) mass is 757 g/mol. The first-order valence-corrected chi connectivity index (χ1v) is 34.4. The summed E-state index contributed by atoms with van der Waals surface area (Å²) in [6.07, 6.45) is 0. The Morgan fingerprint density at radius 3 is 0.372 bits per heavy atom. The van der Waals surface area contributed by atoms with E-state index < -0.39 is 30.4 Å². The summed E-state index contributed by atoms with van der Waals surface area (Å²) in [4.78, 5) is 0. The van der Waals surface area contributed by atoms with E-state index in [0.29, 0.717) is 57.4 Å². The molecule has 0 saturated carbocycles. The fourth-order valence-electron chi connectivity index (χ4n) is 7.39. The minimum absolute atomic E-state index is 0. The number of hydrogen-bond acceptors (Lipinski definition) is 0. The summed E-state index contributed by atoms with van der Waals surface area (Å²) in [7, 11) is -4.34. The Kier molecular flexibility index (Phi) is 16.1. The van der Waals surface area contributed by atoms with E-state index in [1.807, 2.05) is 0 Å². The molecule has 0 aromatic carbocycles. The van der Waals surface area contributed by atoms with E-state index in [1.165, 1.54) is 0 Å². The van der Waals surface area contributed by atoms with Crippen molar-refractivity contribution in [3.8, 4) is 0 Å². The van der Waals surface area contributed by atoms with Crippen molar-refractivity contribution in [2.24, 2.45) is 0 Å². The largest absolute Gasteiger partial charge is 0.0710 e. The predicted molar refractivity (Wildman–Crippen MR) is 226 cm³/mol. The van der Waals surface area contributed by atoms with E-state index in [2.05, 4.69) is 192 Å². The van der Waals surface area contributed by atoms with Gasteiger partial charge in [0.15, 0.2) is 0 Å². The third kappa shape index (κ3) is 10.5. The minimum Gasteiger partial charge on any atom is -0.0710 e. The van der Waals surface area contributed by atoms with Gasteiger partial charge in [-0.1, -0.05) is 192 Å². The summed E-state index contributed by atoms with van der Waals surface area (Å²) in [6.45, 7) is 71.5. The van der Waals surface area contributed by atoms with Gasteiger partial charge < -0.3 is 0 Å². The van der Waals surface area contributed by atoms with Crippen molar-refractivity contribution < 1.29 is 1.43 Å². The zero-order chi connectivity index (χ0) is 35.4. The number of hydrogen-bond donors (Lipinski definition) is 0. The first kappa shape index (κ1) is 49.3. The van der Waals surface area contributed by atoms with Crippen LogP contribution < -0.4 is 0 Å². The van der Waals surface area contributed by atoms with E-state index in [-0.39, 0.29) is 21.2 Å². The van der Waals surface area contributed by atoms with Crippen LogP contribution in [0.3, 0.4) is 0 Å². The van der Waals surface area contributed by atoms with Crippen LogP contribution in [-0.4, -0.2) is 67.3 Å². The molecule has 259 valence electrons. The van der Waals surface area contributed by atoms with Crippen molar-refractivity contribution in [1.29, 1.82) is 0 Å². The van der Waals surface area contributed by atoms with E-state index >= 15 is 0 Å². The van der Waals surface area contributed by atoms with Crippen LogP contribution in [0, 0.1) is 0 Å². The molecule has 0 N–H and O–H groups in total. The van der Waals surface area contributed by atoms with Crippen LogP contribution in [0.25, 0.3) is 0 Å². The summed E-state index contributed by atoms with van der Waals surface area (Å²) in [5.41, 5.74) is 0. The molecule has 0 aliphatic carbocycles. The van der Waals surface area contributed by atoms with Gasteiger partial charge in [0.1, 0.15) is 0 Å². The molecule has 0 unspecified atom stereocenters. The second kappa shape index (κ2) is 14.0. The molecule has 7 heteroatoms. The zero-order valence-electron chi connectivity index (χ0n) is 35.7. The summed E-state index contributed by atoms with van der Waals surface area (Å²) < 4.78 is 0. The standard InChI is InChI=1S/2C18H43Si3.Ga.H2/c2*1-15(2,3)20(13,16(4,5)6)19-21(14,17(7,8)9)18(10,11)12;;/h2*19H,1-14H3;;1H. The van der Waals surface area contributed by atoms with Crippen LogP contribution in [-0.2, 0) is 0 Å². The van der Waals surface area contributed by atoms with E-state index in [9.17, 15) is 0 Å². The molecule has 0 aromatic rings. The Balaban J connectivity index is -0.000000348. The fraction of sp³-hybridized carbons (Fsp3) is 1.00. The van der Waals surface area contributed by atoms with Gasteiger partial charge in [-0.05, 0) is 40.3 Å². The molecule has 43 heavy (non-hydrogen) atoms. The topological polar surface area (TPSA) is 0 Å². The third-order valence-electron chi connectivity index (χ3n) is 13.6. The Morgan fingerprint density at radius 1 is 0.256 bits per heavy atom. The first-order valence-electron chi connectivity index (χ1n) is 17.2. The summed E-state index contributed by atoms with van der Waals surface area (Å²) in [6, 6.07) is 0. The normalized spacial score (nSPS) is 15.9. The van der Waals surface area contributed by atoms with Gasteiger partial charge in [-0.3, -0.25) is 0 Å². The molecule has 0 atom stereocenters. The van der Waals surface area contributed by atoms with Gasteiger partial charge in [-0.25, -0.2) is 0 Å². The molecule has 0 aromatic heterocycles. The maximum absolute atomic E-state index is 2.73. The molecule has 0 rings (SSSR count). The molecule has 0 aliphatic rings. The van der Waals surface area contributed by atoms with Crippen LogP contribution >= 0.6 is 0 Å². The van der Waals surface area contributed by atoms with Gasteiger partial charge in [-0.2, -0.15) is 0 Å². The molecule has 0 nitrogen and oxygen atoms in total. The fourth-order valence-corrected chi connectivity index (χ4v) is 91.4. The third-order valence-corrected chi connectivity index (χ3v) is 89.4. The summed E-state index contributed by atoms with van der Waals surface area (Å²) >= 11 is 0. The van der Waals surface area contributed by atoms with Gasteiger partial charge in [-0.15, -0.1) is 0 Å². The minimum atomic E-state index is -1.36. The van der Waals surface area contributed by atoms with Gasteiger partial charge in [0.25, 0.3) is 0 Å². The maximum Gasteiger partial charge on any atom is 0.0459 e. The smallest absolute Gasteiger partial charge is 0.0459 e. The van der Waals surface area contributed by atoms with Crippen LogP contribution in [0.1, 0.15) is 168 Å². The average molecular weight is 759 g/mol. The maximum atomic E-state index is 2.73. The van der Waals surface area contributed by atoms with Crippen LogP contribution in [0.15, 0.2) is 0 Å². The second-order valence-electron chi connectivity index (χ2n) is 23.1. The van der Waals surface area contributed by atoms with Crippen molar-refractivity contribution in [2.45, 2.75) is 233 Å². The van der Waals surface area contributed by atoms with E-state index in [1.54, 1.807) is 0 Å². The van der Waals surface area contributed by atoms with Crippen molar-refractivity contribution in [3.05, 3.63) is 0 Å². The molecule has 0 spiro atoms. The average Bonchev–Trinajstić information content (AvgIpc) is 2.60. The Morgan fingerprint density at radius 2 is 0.326 bits per heavy atom. The quantitative estimate of drug-likeness (QED) is 0.251.